The lowest BCUT2D eigenvalue weighted by atomic mass is 10.0. The molecule has 2 N–H and O–H groups in total. The molecule has 0 bridgehead atoms. The van der Waals surface area contributed by atoms with Crippen LogP contribution in [0.2, 0.25) is 0 Å². The normalized spacial score (nSPS) is 17.3. The summed E-state index contributed by atoms with van der Waals surface area (Å²) in [6, 6.07) is 9.38. The molecule has 1 aromatic heterocycles. The first-order chi connectivity index (χ1) is 8.81. The van der Waals surface area contributed by atoms with E-state index in [4.69, 9.17) is 5.73 Å². The first-order valence-electron chi connectivity index (χ1n) is 6.56. The van der Waals surface area contributed by atoms with Gasteiger partial charge in [0.05, 0.1) is 0 Å². The molecule has 1 heterocycles. The number of fused-ring (bicyclic) bond motifs is 1. The Balaban J connectivity index is 2.05. The maximum absolute atomic E-state index is 5.99. The Hall–Kier alpha value is -1.45. The monoisotopic (exact) mass is 241 g/mol. The van der Waals surface area contributed by atoms with Crippen molar-refractivity contribution in [1.82, 2.24) is 9.88 Å². The van der Waals surface area contributed by atoms with Gasteiger partial charge in [0.2, 0.25) is 0 Å². The van der Waals surface area contributed by atoms with Crippen LogP contribution in [0.25, 0.3) is 10.8 Å². The van der Waals surface area contributed by atoms with Crippen molar-refractivity contribution in [3.63, 3.8) is 0 Å². The number of pyridine rings is 1. The van der Waals surface area contributed by atoms with Crippen molar-refractivity contribution >= 4 is 10.8 Å². The molecule has 0 amide bonds. The molecule has 3 nitrogen and oxygen atoms in total. The number of aromatic nitrogens is 1. The molecule has 1 aliphatic rings. The third kappa shape index (κ3) is 2.00. The summed E-state index contributed by atoms with van der Waals surface area (Å²) >= 11 is 0. The van der Waals surface area contributed by atoms with Crippen molar-refractivity contribution in [3.8, 4) is 0 Å². The van der Waals surface area contributed by atoms with E-state index in [0.29, 0.717) is 12.6 Å². The maximum Gasteiger partial charge on any atom is 0.0491 e. The zero-order valence-electron chi connectivity index (χ0n) is 10.7. The average Bonchev–Trinajstić information content (AvgIpc) is 3.24. The van der Waals surface area contributed by atoms with Gasteiger partial charge in [-0.25, -0.2) is 0 Å². The number of benzene rings is 1. The van der Waals surface area contributed by atoms with Crippen molar-refractivity contribution in [3.05, 3.63) is 42.2 Å². The van der Waals surface area contributed by atoms with E-state index in [1.807, 2.05) is 12.4 Å². The largest absolute Gasteiger partial charge is 0.329 e. The Morgan fingerprint density at radius 3 is 2.83 bits per heavy atom. The zero-order valence-corrected chi connectivity index (χ0v) is 10.7. The van der Waals surface area contributed by atoms with Gasteiger partial charge in [-0.2, -0.15) is 0 Å². The SMILES string of the molecule is CN(C1CC1)C(CN)c1cncc2ccccc12. The lowest BCUT2D eigenvalue weighted by Gasteiger charge is -2.27. The molecule has 1 aliphatic carbocycles. The standard InChI is InChI=1S/C15H19N3/c1-18(12-6-7-12)15(8-16)14-10-17-9-11-4-2-3-5-13(11)14/h2-5,9-10,12,15H,6-8,16H2,1H3. The quantitative estimate of drug-likeness (QED) is 0.893. The molecule has 3 rings (SSSR count). The highest BCUT2D eigenvalue weighted by molar-refractivity contribution is 5.85. The number of hydrogen-bond donors (Lipinski definition) is 1. The molecular formula is C15H19N3. The predicted molar refractivity (Wildman–Crippen MR) is 74.3 cm³/mol. The predicted octanol–water partition coefficient (Wildman–Crippen LogP) is 2.33. The number of hydrogen-bond acceptors (Lipinski definition) is 3. The van der Waals surface area contributed by atoms with E-state index in [1.54, 1.807) is 0 Å². The van der Waals surface area contributed by atoms with Crippen LogP contribution in [0.5, 0.6) is 0 Å². The lowest BCUT2D eigenvalue weighted by Crippen LogP contribution is -2.32. The van der Waals surface area contributed by atoms with Crippen LogP contribution in [0.15, 0.2) is 36.7 Å². The van der Waals surface area contributed by atoms with Crippen LogP contribution in [0, 0.1) is 0 Å². The number of rotatable bonds is 4. The molecule has 1 unspecified atom stereocenters. The molecule has 1 saturated carbocycles. The lowest BCUT2D eigenvalue weighted by molar-refractivity contribution is 0.241. The van der Waals surface area contributed by atoms with Gasteiger partial charge in [0, 0.05) is 36.4 Å². The van der Waals surface area contributed by atoms with E-state index in [1.165, 1.54) is 29.2 Å². The van der Waals surface area contributed by atoms with Gasteiger partial charge >= 0.3 is 0 Å². The fourth-order valence-electron chi connectivity index (χ4n) is 2.65. The summed E-state index contributed by atoms with van der Waals surface area (Å²) in [7, 11) is 2.18. The Bertz CT molecular complexity index is 543. The fraction of sp³-hybridized carbons (Fsp3) is 0.400. The Morgan fingerprint density at radius 1 is 1.33 bits per heavy atom. The summed E-state index contributed by atoms with van der Waals surface area (Å²) < 4.78 is 0. The van der Waals surface area contributed by atoms with Crippen LogP contribution >= 0.6 is 0 Å². The second-order valence-corrected chi connectivity index (χ2v) is 5.10. The van der Waals surface area contributed by atoms with Gasteiger partial charge < -0.3 is 5.73 Å². The van der Waals surface area contributed by atoms with Crippen LogP contribution in [-0.4, -0.2) is 29.5 Å². The first kappa shape index (κ1) is 11.6. The summed E-state index contributed by atoms with van der Waals surface area (Å²) in [4.78, 5) is 6.77. The van der Waals surface area contributed by atoms with Crippen LogP contribution in [0.4, 0.5) is 0 Å². The number of nitrogens with zero attached hydrogens (tertiary/aromatic N) is 2. The van der Waals surface area contributed by atoms with Gasteiger partial charge in [-0.3, -0.25) is 9.88 Å². The highest BCUT2D eigenvalue weighted by atomic mass is 15.2. The topological polar surface area (TPSA) is 42.1 Å². The third-order valence-corrected chi connectivity index (χ3v) is 3.90. The highest BCUT2D eigenvalue weighted by Crippen LogP contribution is 2.34. The minimum absolute atomic E-state index is 0.274. The third-order valence-electron chi connectivity index (χ3n) is 3.90. The van der Waals surface area contributed by atoms with Gasteiger partial charge in [-0.1, -0.05) is 24.3 Å². The van der Waals surface area contributed by atoms with Crippen molar-refractivity contribution in [2.75, 3.05) is 13.6 Å². The van der Waals surface area contributed by atoms with Gasteiger partial charge in [0.25, 0.3) is 0 Å². The molecule has 18 heavy (non-hydrogen) atoms. The van der Waals surface area contributed by atoms with Crippen molar-refractivity contribution in [2.24, 2.45) is 5.73 Å². The first-order valence-corrected chi connectivity index (χ1v) is 6.56. The minimum atomic E-state index is 0.274. The molecule has 2 aromatic rings. The molecule has 1 atom stereocenters. The molecule has 94 valence electrons. The van der Waals surface area contributed by atoms with E-state index in [-0.39, 0.29) is 6.04 Å². The van der Waals surface area contributed by atoms with Gasteiger partial charge in [-0.05, 0) is 30.8 Å². The van der Waals surface area contributed by atoms with Crippen LogP contribution in [-0.2, 0) is 0 Å². The van der Waals surface area contributed by atoms with Crippen LogP contribution < -0.4 is 5.73 Å². The van der Waals surface area contributed by atoms with E-state index in [2.05, 4.69) is 41.2 Å². The fourth-order valence-corrected chi connectivity index (χ4v) is 2.65. The molecule has 0 radical (unpaired) electrons. The number of nitrogens with two attached hydrogens (primary N) is 1. The molecule has 0 aliphatic heterocycles. The van der Waals surface area contributed by atoms with Crippen molar-refractivity contribution in [1.29, 1.82) is 0 Å². The molecular weight excluding hydrogens is 222 g/mol. The zero-order chi connectivity index (χ0) is 12.5. The summed E-state index contributed by atoms with van der Waals surface area (Å²) in [5, 5.41) is 2.47. The summed E-state index contributed by atoms with van der Waals surface area (Å²) in [6.07, 6.45) is 6.48. The summed E-state index contributed by atoms with van der Waals surface area (Å²) in [5.41, 5.74) is 7.25. The summed E-state index contributed by atoms with van der Waals surface area (Å²) in [6.45, 7) is 0.642. The van der Waals surface area contributed by atoms with E-state index in [0.717, 1.165) is 0 Å². The average molecular weight is 241 g/mol. The Kier molecular flexibility index (Phi) is 3.02. The summed E-state index contributed by atoms with van der Waals surface area (Å²) in [5.74, 6) is 0. The van der Waals surface area contributed by atoms with E-state index >= 15 is 0 Å². The highest BCUT2D eigenvalue weighted by Gasteiger charge is 2.31. The van der Waals surface area contributed by atoms with E-state index < -0.39 is 0 Å². The van der Waals surface area contributed by atoms with Gasteiger partial charge in [0.1, 0.15) is 0 Å². The Morgan fingerprint density at radius 2 is 2.11 bits per heavy atom. The molecule has 1 aromatic carbocycles. The maximum atomic E-state index is 5.99. The van der Waals surface area contributed by atoms with Crippen LogP contribution in [0.3, 0.4) is 0 Å². The second kappa shape index (κ2) is 4.67. The smallest absolute Gasteiger partial charge is 0.0491 e. The number of likely N-dealkylation sites (N-methyl/N-ethyl adjacent to an activating group) is 1. The van der Waals surface area contributed by atoms with Gasteiger partial charge in [-0.15, -0.1) is 0 Å². The molecule has 0 spiro atoms. The molecule has 0 saturated heterocycles. The van der Waals surface area contributed by atoms with Gasteiger partial charge in [0.15, 0.2) is 0 Å². The second-order valence-electron chi connectivity index (χ2n) is 5.10. The van der Waals surface area contributed by atoms with Crippen molar-refractivity contribution in [2.45, 2.75) is 24.9 Å². The van der Waals surface area contributed by atoms with E-state index in [9.17, 15) is 0 Å². The minimum Gasteiger partial charge on any atom is -0.329 e. The van der Waals surface area contributed by atoms with Crippen LogP contribution in [0.1, 0.15) is 24.4 Å². The Labute approximate surface area is 108 Å². The molecule has 1 fully saturated rings. The molecule has 3 heteroatoms. The van der Waals surface area contributed by atoms with Crippen molar-refractivity contribution < 1.29 is 0 Å².